The van der Waals surface area contributed by atoms with Crippen molar-refractivity contribution < 1.29 is 23.5 Å². The third-order valence-electron chi connectivity index (χ3n) is 11.7. The molecule has 1 aliphatic carbocycles. The van der Waals surface area contributed by atoms with Crippen LogP contribution in [0.15, 0.2) is 65.5 Å². The summed E-state index contributed by atoms with van der Waals surface area (Å²) in [6.07, 6.45) is 9.91. The minimum atomic E-state index is -0.696. The van der Waals surface area contributed by atoms with Crippen molar-refractivity contribution >= 4 is 28.9 Å². The molecule has 2 bridgehead atoms. The van der Waals surface area contributed by atoms with Gasteiger partial charge in [0.15, 0.2) is 0 Å². The molecule has 3 fully saturated rings. The van der Waals surface area contributed by atoms with Crippen LogP contribution in [0.25, 0.3) is 44.6 Å². The molecule has 2 aromatic carbocycles. The number of carbonyl (C=O) groups is 3. The summed E-state index contributed by atoms with van der Waals surface area (Å²) < 4.78 is 10.9. The Bertz CT molecular complexity index is 2180. The Balaban J connectivity index is 1.03. The molecule has 4 atom stereocenters. The largest absolute Gasteiger partial charge is 0.464 e. The van der Waals surface area contributed by atoms with Crippen LogP contribution in [0.3, 0.4) is 0 Å². The minimum absolute atomic E-state index is 0.00926. The summed E-state index contributed by atoms with van der Waals surface area (Å²) in [4.78, 5) is 59.6. The van der Waals surface area contributed by atoms with Crippen molar-refractivity contribution in [1.82, 2.24) is 35.1 Å². The second-order valence-corrected chi connectivity index (χ2v) is 16.0. The number of likely N-dealkylation sites (tertiary alicyclic amines) is 2. The molecule has 12 nitrogen and oxygen atoms in total. The fraction of sp³-hybridized carbons (Fsp3) is 0.452. The van der Waals surface area contributed by atoms with Crippen LogP contribution in [-0.2, 0) is 19.9 Å². The molecule has 2 aliphatic heterocycles. The number of hydrogen-bond acceptors (Lipinski definition) is 7. The zero-order valence-corrected chi connectivity index (χ0v) is 31.6. The second-order valence-electron chi connectivity index (χ2n) is 16.0. The molecule has 1 saturated carbocycles. The summed E-state index contributed by atoms with van der Waals surface area (Å²) in [5, 5.41) is 3.74. The van der Waals surface area contributed by atoms with Crippen molar-refractivity contribution in [2.75, 3.05) is 20.2 Å². The lowest BCUT2D eigenvalue weighted by molar-refractivity contribution is -0.140. The van der Waals surface area contributed by atoms with Gasteiger partial charge in [0.25, 0.3) is 0 Å². The van der Waals surface area contributed by atoms with Gasteiger partial charge in [0.1, 0.15) is 28.8 Å². The molecule has 282 valence electrons. The Kier molecular flexibility index (Phi) is 9.31. The topological polar surface area (TPSA) is 149 Å². The number of carbonyl (C=O) groups excluding carboxylic acids is 3. The van der Waals surface area contributed by atoms with Gasteiger partial charge in [-0.25, -0.2) is 14.8 Å². The van der Waals surface area contributed by atoms with Crippen molar-refractivity contribution in [2.24, 2.45) is 17.8 Å². The SMILES string of the molecule is COC(=O)N[C@H](C(=O)N1CC2CCC1(c1ncc(-c3ccc(-c4ccc(-c5cnc([C@@H]6CCCN6C(=O)CC(C)C)[nH]5)cc4)c4ccoc34)[nH]1)C2)C(C)C. The lowest BCUT2D eigenvalue weighted by atomic mass is 9.93. The van der Waals surface area contributed by atoms with Crippen molar-refractivity contribution in [2.45, 2.75) is 83.8 Å². The van der Waals surface area contributed by atoms with Crippen LogP contribution >= 0.6 is 0 Å². The van der Waals surface area contributed by atoms with Gasteiger partial charge in [-0.1, -0.05) is 58.0 Å². The molecule has 2 unspecified atom stereocenters. The third-order valence-corrected chi connectivity index (χ3v) is 11.7. The number of ether oxygens (including phenoxy) is 1. The molecule has 3 aliphatic rings. The number of aromatic nitrogens is 4. The fourth-order valence-electron chi connectivity index (χ4n) is 8.99. The first kappa shape index (κ1) is 35.6. The van der Waals surface area contributed by atoms with Crippen LogP contribution in [0, 0.1) is 17.8 Å². The number of piperidine rings is 1. The number of benzene rings is 2. The van der Waals surface area contributed by atoms with Crippen LogP contribution in [0.1, 0.15) is 83.9 Å². The molecular formula is C42H49N7O5. The Morgan fingerprint density at radius 3 is 2.46 bits per heavy atom. The van der Waals surface area contributed by atoms with Gasteiger partial charge >= 0.3 is 6.09 Å². The maximum atomic E-state index is 14.0. The van der Waals surface area contributed by atoms with Crippen LogP contribution in [0.2, 0.25) is 0 Å². The minimum Gasteiger partial charge on any atom is -0.464 e. The first-order valence-electron chi connectivity index (χ1n) is 19.2. The average molecular weight is 732 g/mol. The van der Waals surface area contributed by atoms with E-state index in [9.17, 15) is 14.4 Å². The predicted molar refractivity (Wildman–Crippen MR) is 205 cm³/mol. The monoisotopic (exact) mass is 731 g/mol. The van der Waals surface area contributed by atoms with Gasteiger partial charge in [-0.05, 0) is 78.7 Å². The van der Waals surface area contributed by atoms with E-state index in [1.807, 2.05) is 42.1 Å². The molecule has 0 spiro atoms. The second kappa shape index (κ2) is 14.1. The predicted octanol–water partition coefficient (Wildman–Crippen LogP) is 7.81. The number of amides is 3. The Morgan fingerprint density at radius 1 is 0.963 bits per heavy atom. The van der Waals surface area contributed by atoms with E-state index >= 15 is 0 Å². The maximum Gasteiger partial charge on any atom is 0.407 e. The van der Waals surface area contributed by atoms with Gasteiger partial charge < -0.3 is 34.2 Å². The molecule has 8 rings (SSSR count). The van der Waals surface area contributed by atoms with E-state index in [2.05, 4.69) is 65.5 Å². The van der Waals surface area contributed by atoms with Crippen molar-refractivity contribution in [3.05, 3.63) is 72.8 Å². The number of hydrogen-bond donors (Lipinski definition) is 3. The highest BCUT2D eigenvalue weighted by molar-refractivity contribution is 6.01. The summed E-state index contributed by atoms with van der Waals surface area (Å²) >= 11 is 0. The summed E-state index contributed by atoms with van der Waals surface area (Å²) in [5.74, 6) is 2.29. The fourth-order valence-corrected chi connectivity index (χ4v) is 8.99. The zero-order chi connectivity index (χ0) is 37.7. The summed E-state index contributed by atoms with van der Waals surface area (Å²) in [6, 6.07) is 13.9. The van der Waals surface area contributed by atoms with Gasteiger partial charge in [0.2, 0.25) is 11.8 Å². The van der Waals surface area contributed by atoms with E-state index in [4.69, 9.17) is 19.1 Å². The van der Waals surface area contributed by atoms with E-state index in [-0.39, 0.29) is 23.8 Å². The smallest absolute Gasteiger partial charge is 0.407 e. The van der Waals surface area contributed by atoms with Crippen LogP contribution in [0.4, 0.5) is 4.79 Å². The van der Waals surface area contributed by atoms with Gasteiger partial charge in [-0.2, -0.15) is 0 Å². The highest BCUT2D eigenvalue weighted by atomic mass is 16.5. The molecule has 5 heterocycles. The van der Waals surface area contributed by atoms with E-state index in [1.54, 1.807) is 6.26 Å². The van der Waals surface area contributed by atoms with Gasteiger partial charge in [0, 0.05) is 30.5 Å². The van der Waals surface area contributed by atoms with E-state index in [1.165, 1.54) is 7.11 Å². The highest BCUT2D eigenvalue weighted by Crippen LogP contribution is 2.53. The molecule has 3 aromatic heterocycles. The number of H-pyrrole nitrogens is 2. The Labute approximate surface area is 315 Å². The number of aromatic amines is 2. The van der Waals surface area contributed by atoms with Gasteiger partial charge in [-0.3, -0.25) is 9.59 Å². The lowest BCUT2D eigenvalue weighted by Gasteiger charge is -2.40. The first-order valence-corrected chi connectivity index (χ1v) is 19.2. The number of fused-ring (bicyclic) bond motifs is 3. The zero-order valence-electron chi connectivity index (χ0n) is 31.6. The summed E-state index contributed by atoms with van der Waals surface area (Å²) in [6.45, 7) is 9.43. The molecule has 2 saturated heterocycles. The lowest BCUT2D eigenvalue weighted by Crippen LogP contribution is -2.56. The highest BCUT2D eigenvalue weighted by Gasteiger charge is 2.56. The van der Waals surface area contributed by atoms with E-state index in [0.717, 1.165) is 94.9 Å². The van der Waals surface area contributed by atoms with Crippen LogP contribution in [0.5, 0.6) is 0 Å². The normalized spacial score (nSPS) is 21.5. The number of furan rings is 1. The van der Waals surface area contributed by atoms with Crippen molar-refractivity contribution in [3.8, 4) is 33.6 Å². The van der Waals surface area contributed by atoms with Crippen LogP contribution in [-0.4, -0.2) is 73.9 Å². The van der Waals surface area contributed by atoms with Crippen molar-refractivity contribution in [3.63, 3.8) is 0 Å². The number of alkyl carbamates (subject to hydrolysis) is 1. The number of rotatable bonds is 10. The van der Waals surface area contributed by atoms with Gasteiger partial charge in [0.05, 0.1) is 43.2 Å². The van der Waals surface area contributed by atoms with Gasteiger partial charge in [-0.15, -0.1) is 0 Å². The quantitative estimate of drug-likeness (QED) is 0.133. The molecule has 3 amide bonds. The summed E-state index contributed by atoms with van der Waals surface area (Å²) in [5.41, 5.74) is 5.95. The molecule has 12 heteroatoms. The first-order chi connectivity index (χ1) is 26.1. The maximum absolute atomic E-state index is 14.0. The number of methoxy groups -OCH3 is 1. The standard InChI is InChI=1S/C42H49N7O5/c1-24(2)19-35(50)48-17-6-7-34(48)38-43-21-32(45-38)28-10-8-27(9-11-28)29-12-13-31(37-30(29)15-18-54-37)33-22-44-40(46-33)42-16-14-26(20-42)23-49(42)39(51)36(25(3)4)47-41(52)53-5/h8-13,15,18,21-22,24-26,34,36H,6-7,14,16-17,19-20,23H2,1-5H3,(H,43,45)(H,44,46)(H,47,52)/t26?,34-,36-,42?/m0/s1. The third kappa shape index (κ3) is 6.24. The van der Waals surface area contributed by atoms with Crippen LogP contribution < -0.4 is 5.32 Å². The molecule has 0 radical (unpaired) electrons. The molecule has 3 N–H and O–H groups in total. The number of nitrogens with one attached hydrogen (secondary N) is 3. The number of nitrogens with zero attached hydrogens (tertiary/aromatic N) is 4. The van der Waals surface area contributed by atoms with Crippen molar-refractivity contribution in [1.29, 1.82) is 0 Å². The number of imidazole rings is 2. The molecular weight excluding hydrogens is 683 g/mol. The average Bonchev–Trinajstić information content (AvgIpc) is 4.01. The van der Waals surface area contributed by atoms with E-state index < -0.39 is 17.7 Å². The Morgan fingerprint density at radius 2 is 1.72 bits per heavy atom. The van der Waals surface area contributed by atoms with E-state index in [0.29, 0.717) is 24.8 Å². The summed E-state index contributed by atoms with van der Waals surface area (Å²) in [7, 11) is 1.31. The molecule has 54 heavy (non-hydrogen) atoms. The molecule has 5 aromatic rings. The Hall–Kier alpha value is -5.39.